The Hall–Kier alpha value is -1.52. The molecule has 0 spiro atoms. The van der Waals surface area contributed by atoms with Crippen molar-refractivity contribution in [2.24, 2.45) is 5.73 Å². The second-order valence-corrected chi connectivity index (χ2v) is 5.47. The molecular weight excluding hydrogens is 240 g/mol. The van der Waals surface area contributed by atoms with Crippen molar-refractivity contribution >= 4 is 11.7 Å². The summed E-state index contributed by atoms with van der Waals surface area (Å²) >= 11 is 0. The van der Waals surface area contributed by atoms with E-state index in [0.717, 1.165) is 19.3 Å². The van der Waals surface area contributed by atoms with Crippen molar-refractivity contribution in [2.45, 2.75) is 57.5 Å². The third-order valence-electron chi connectivity index (χ3n) is 4.39. The zero-order chi connectivity index (χ0) is 14.0. The molecular formula is C14H24N4O. The summed E-state index contributed by atoms with van der Waals surface area (Å²) in [6, 6.07) is 0.523. The first-order chi connectivity index (χ1) is 9.10. The molecule has 2 fully saturated rings. The van der Waals surface area contributed by atoms with Crippen LogP contribution < -0.4 is 5.73 Å². The molecule has 1 aliphatic carbocycles. The summed E-state index contributed by atoms with van der Waals surface area (Å²) in [4.78, 5) is 15.8. The van der Waals surface area contributed by atoms with Crippen LogP contribution in [0.25, 0.3) is 0 Å². The van der Waals surface area contributed by atoms with Gasteiger partial charge in [0.1, 0.15) is 11.5 Å². The van der Waals surface area contributed by atoms with Crippen molar-refractivity contribution in [1.82, 2.24) is 9.80 Å². The van der Waals surface area contributed by atoms with E-state index in [4.69, 9.17) is 11.1 Å². The minimum atomic E-state index is 0.0498. The van der Waals surface area contributed by atoms with Crippen LogP contribution in [0.3, 0.4) is 0 Å². The summed E-state index contributed by atoms with van der Waals surface area (Å²) in [7, 11) is 1.71. The summed E-state index contributed by atoms with van der Waals surface area (Å²) in [5, 5.41) is 8.45. The molecule has 106 valence electrons. The fraction of sp³-hybridized carbons (Fsp3) is 0.714. The van der Waals surface area contributed by atoms with Gasteiger partial charge in [-0.25, -0.2) is 0 Å². The van der Waals surface area contributed by atoms with Crippen LogP contribution in [0.1, 0.15) is 45.4 Å². The van der Waals surface area contributed by atoms with E-state index in [-0.39, 0.29) is 11.9 Å². The lowest BCUT2D eigenvalue weighted by Gasteiger charge is -2.36. The molecule has 0 aromatic carbocycles. The number of nitrogens with two attached hydrogens (primary N) is 1. The van der Waals surface area contributed by atoms with Crippen LogP contribution >= 0.6 is 0 Å². The van der Waals surface area contributed by atoms with Gasteiger partial charge in [0.2, 0.25) is 5.91 Å². The Morgan fingerprint density at radius 3 is 2.58 bits per heavy atom. The summed E-state index contributed by atoms with van der Waals surface area (Å²) in [6.07, 6.45) is 7.43. The Labute approximate surface area is 114 Å². The van der Waals surface area contributed by atoms with Gasteiger partial charge in [-0.2, -0.15) is 0 Å². The Morgan fingerprint density at radius 2 is 2.05 bits per heavy atom. The molecule has 0 aromatic heterocycles. The molecule has 5 heteroatoms. The normalized spacial score (nSPS) is 28.3. The first-order valence-corrected chi connectivity index (χ1v) is 7.15. The smallest absolute Gasteiger partial charge is 0.228 e. The zero-order valence-corrected chi connectivity index (χ0v) is 11.9. The van der Waals surface area contributed by atoms with Crippen molar-refractivity contribution in [3.63, 3.8) is 0 Å². The lowest BCUT2D eigenvalue weighted by Crippen LogP contribution is -2.45. The maximum Gasteiger partial charge on any atom is 0.228 e. The highest BCUT2D eigenvalue weighted by atomic mass is 16.2. The fourth-order valence-corrected chi connectivity index (χ4v) is 3.24. The molecule has 1 atom stereocenters. The summed E-state index contributed by atoms with van der Waals surface area (Å²) in [6.45, 7) is 2.09. The predicted molar refractivity (Wildman–Crippen MR) is 75.6 cm³/mol. The Bertz CT molecular complexity index is 398. The van der Waals surface area contributed by atoms with Crippen LogP contribution in [-0.2, 0) is 4.79 Å². The quantitative estimate of drug-likeness (QED) is 0.796. The minimum Gasteiger partial charge on any atom is -0.403 e. The largest absolute Gasteiger partial charge is 0.403 e. The average Bonchev–Trinajstić information content (AvgIpc) is 2.89. The Balaban J connectivity index is 2.35. The van der Waals surface area contributed by atoms with Crippen LogP contribution in [0, 0.1) is 5.41 Å². The second-order valence-electron chi connectivity index (χ2n) is 5.47. The molecule has 19 heavy (non-hydrogen) atoms. The van der Waals surface area contributed by atoms with Gasteiger partial charge in [0.25, 0.3) is 0 Å². The lowest BCUT2D eigenvalue weighted by atomic mass is 10.1. The van der Waals surface area contributed by atoms with Crippen molar-refractivity contribution in [3.05, 3.63) is 11.9 Å². The van der Waals surface area contributed by atoms with Crippen molar-refractivity contribution in [1.29, 1.82) is 5.41 Å². The molecule has 1 saturated heterocycles. The molecule has 1 amide bonds. The lowest BCUT2D eigenvalue weighted by molar-refractivity contribution is -0.128. The van der Waals surface area contributed by atoms with Gasteiger partial charge in [-0.05, 0) is 19.3 Å². The van der Waals surface area contributed by atoms with Crippen molar-refractivity contribution < 1.29 is 4.79 Å². The molecule has 2 aliphatic rings. The number of nitrogens with one attached hydrogen (secondary N) is 1. The third kappa shape index (κ3) is 2.46. The molecule has 1 heterocycles. The maximum atomic E-state index is 12.2. The number of carbonyl (C=O) groups excluding carboxylic acids is 1. The zero-order valence-electron chi connectivity index (χ0n) is 11.9. The third-order valence-corrected chi connectivity index (χ3v) is 4.39. The number of rotatable bonds is 2. The van der Waals surface area contributed by atoms with Gasteiger partial charge in [-0.1, -0.05) is 19.8 Å². The highest BCUT2D eigenvalue weighted by molar-refractivity contribution is 6.01. The van der Waals surface area contributed by atoms with E-state index in [0.29, 0.717) is 24.0 Å². The predicted octanol–water partition coefficient (Wildman–Crippen LogP) is 1.65. The first kappa shape index (κ1) is 13.9. The van der Waals surface area contributed by atoms with E-state index >= 15 is 0 Å². The minimum absolute atomic E-state index is 0.0498. The number of nitrogens with zero attached hydrogens (tertiary/aromatic N) is 2. The number of carbonyl (C=O) groups is 1. The van der Waals surface area contributed by atoms with Crippen LogP contribution in [0.4, 0.5) is 0 Å². The van der Waals surface area contributed by atoms with E-state index in [1.54, 1.807) is 7.05 Å². The molecule has 1 aliphatic heterocycles. The summed E-state index contributed by atoms with van der Waals surface area (Å²) in [5.41, 5.74) is 6.18. The number of hydrogen-bond donors (Lipinski definition) is 2. The number of amides is 1. The molecule has 2 rings (SSSR count). The van der Waals surface area contributed by atoms with Gasteiger partial charge in [0, 0.05) is 31.8 Å². The average molecular weight is 264 g/mol. The first-order valence-electron chi connectivity index (χ1n) is 7.15. The van der Waals surface area contributed by atoms with Crippen molar-refractivity contribution in [2.75, 3.05) is 7.05 Å². The topological polar surface area (TPSA) is 73.4 Å². The standard InChI is InChI=1S/C14H24N4O/c1-3-10-8-13(19)17(2)12(9-15)14(16)18(10)11-6-4-5-7-11/h9-11,16H,3-8,15H2,1-2H3/b12-9+,16-14?. The van der Waals surface area contributed by atoms with Gasteiger partial charge in [-0.15, -0.1) is 0 Å². The summed E-state index contributed by atoms with van der Waals surface area (Å²) < 4.78 is 0. The van der Waals surface area contributed by atoms with E-state index in [9.17, 15) is 4.79 Å². The van der Waals surface area contributed by atoms with E-state index in [1.807, 2.05) is 0 Å². The summed E-state index contributed by atoms with van der Waals surface area (Å²) in [5.74, 6) is 0.461. The Kier molecular flexibility index (Phi) is 4.12. The second kappa shape index (κ2) is 5.63. The van der Waals surface area contributed by atoms with Gasteiger partial charge in [0.15, 0.2) is 0 Å². The molecule has 1 saturated carbocycles. The van der Waals surface area contributed by atoms with Crippen molar-refractivity contribution in [3.8, 4) is 0 Å². The van der Waals surface area contributed by atoms with Crippen LogP contribution in [0.5, 0.6) is 0 Å². The van der Waals surface area contributed by atoms with Gasteiger partial charge >= 0.3 is 0 Å². The van der Waals surface area contributed by atoms with Crippen LogP contribution in [0.15, 0.2) is 11.9 Å². The van der Waals surface area contributed by atoms with Gasteiger partial charge in [0.05, 0.1) is 0 Å². The molecule has 3 N–H and O–H groups in total. The molecule has 0 bridgehead atoms. The van der Waals surface area contributed by atoms with Crippen LogP contribution in [-0.4, -0.2) is 40.7 Å². The van der Waals surface area contributed by atoms with E-state index < -0.39 is 0 Å². The SMILES string of the molecule is CCC1CC(=O)N(C)/C(=C/N)C(=N)N1C1CCCC1. The number of amidine groups is 1. The van der Waals surface area contributed by atoms with E-state index in [2.05, 4.69) is 11.8 Å². The Morgan fingerprint density at radius 1 is 1.42 bits per heavy atom. The molecule has 5 nitrogen and oxygen atoms in total. The molecule has 0 radical (unpaired) electrons. The van der Waals surface area contributed by atoms with Gasteiger partial charge in [-0.3, -0.25) is 10.2 Å². The number of likely N-dealkylation sites (N-methyl/N-ethyl adjacent to an activating group) is 1. The maximum absolute atomic E-state index is 12.2. The van der Waals surface area contributed by atoms with Gasteiger partial charge < -0.3 is 15.5 Å². The highest BCUT2D eigenvalue weighted by Gasteiger charge is 2.37. The van der Waals surface area contributed by atoms with E-state index in [1.165, 1.54) is 23.9 Å². The fourth-order valence-electron chi connectivity index (χ4n) is 3.24. The van der Waals surface area contributed by atoms with Crippen LogP contribution in [0.2, 0.25) is 0 Å². The monoisotopic (exact) mass is 264 g/mol. The highest BCUT2D eigenvalue weighted by Crippen LogP contribution is 2.31. The molecule has 0 aromatic rings. The molecule has 1 unspecified atom stereocenters. The number of hydrogen-bond acceptors (Lipinski definition) is 3.